The van der Waals surface area contributed by atoms with Crippen molar-refractivity contribution in [1.29, 1.82) is 0 Å². The summed E-state index contributed by atoms with van der Waals surface area (Å²) >= 11 is 0. The molecule has 0 heterocycles. The van der Waals surface area contributed by atoms with Crippen molar-refractivity contribution in [3.63, 3.8) is 0 Å². The lowest BCUT2D eigenvalue weighted by atomic mass is 10.0. The Labute approximate surface area is 145 Å². The molecule has 0 aliphatic carbocycles. The molecule has 0 aliphatic rings. The number of rotatable bonds is 6. The molecule has 1 amide bonds. The van der Waals surface area contributed by atoms with Gasteiger partial charge in [0.2, 0.25) is 0 Å². The lowest BCUT2D eigenvalue weighted by Crippen LogP contribution is -2.38. The van der Waals surface area contributed by atoms with Crippen LogP contribution in [0.3, 0.4) is 0 Å². The molecule has 0 saturated heterocycles. The van der Waals surface area contributed by atoms with Gasteiger partial charge in [0.15, 0.2) is 6.10 Å². The van der Waals surface area contributed by atoms with Gasteiger partial charge in [0, 0.05) is 0 Å². The second kappa shape index (κ2) is 8.00. The lowest BCUT2D eigenvalue weighted by molar-refractivity contribution is -0.128. The number of benzene rings is 2. The number of nitrogens with one attached hydrogen (secondary N) is 1. The summed E-state index contributed by atoms with van der Waals surface area (Å²) in [5, 5.41) is 3.09. The molecule has 0 saturated carbocycles. The topological polar surface area (TPSA) is 38.3 Å². The fourth-order valence-corrected chi connectivity index (χ4v) is 2.77. The largest absolute Gasteiger partial charge is 0.481 e. The van der Waals surface area contributed by atoms with Crippen LogP contribution < -0.4 is 10.1 Å². The fourth-order valence-electron chi connectivity index (χ4n) is 2.77. The predicted molar refractivity (Wildman–Crippen MR) is 98.4 cm³/mol. The maximum absolute atomic E-state index is 12.5. The molecule has 0 unspecified atom stereocenters. The molecule has 0 aromatic heterocycles. The Morgan fingerprint density at radius 1 is 1.00 bits per heavy atom. The van der Waals surface area contributed by atoms with E-state index in [0.29, 0.717) is 0 Å². The molecule has 2 rings (SSSR count). The third-order valence-corrected chi connectivity index (χ3v) is 4.08. The van der Waals surface area contributed by atoms with E-state index in [1.165, 1.54) is 5.56 Å². The van der Waals surface area contributed by atoms with E-state index in [1.54, 1.807) is 6.92 Å². The van der Waals surface area contributed by atoms with Crippen molar-refractivity contribution < 1.29 is 9.53 Å². The summed E-state index contributed by atoms with van der Waals surface area (Å²) in [5.74, 6) is 0.639. The minimum atomic E-state index is -0.536. The van der Waals surface area contributed by atoms with Crippen molar-refractivity contribution in [2.45, 2.75) is 53.2 Å². The highest BCUT2D eigenvalue weighted by Crippen LogP contribution is 2.20. The van der Waals surface area contributed by atoms with E-state index in [4.69, 9.17) is 4.74 Å². The van der Waals surface area contributed by atoms with Gasteiger partial charge in [0.05, 0.1) is 6.04 Å². The summed E-state index contributed by atoms with van der Waals surface area (Å²) in [4.78, 5) is 12.5. The van der Waals surface area contributed by atoms with Gasteiger partial charge in [-0.2, -0.15) is 0 Å². The molecule has 2 atom stereocenters. The highest BCUT2D eigenvalue weighted by atomic mass is 16.5. The van der Waals surface area contributed by atoms with Crippen LogP contribution in [-0.4, -0.2) is 12.0 Å². The molecule has 0 radical (unpaired) electrons. The van der Waals surface area contributed by atoms with Crippen LogP contribution in [-0.2, 0) is 4.79 Å². The zero-order chi connectivity index (χ0) is 17.7. The first-order valence-corrected chi connectivity index (χ1v) is 8.51. The van der Waals surface area contributed by atoms with Gasteiger partial charge >= 0.3 is 0 Å². The Kier molecular flexibility index (Phi) is 6.02. The highest BCUT2D eigenvalue weighted by Gasteiger charge is 2.19. The van der Waals surface area contributed by atoms with E-state index in [1.807, 2.05) is 26.0 Å². The monoisotopic (exact) mass is 325 g/mol. The van der Waals surface area contributed by atoms with Crippen molar-refractivity contribution in [3.05, 3.63) is 64.7 Å². The summed E-state index contributed by atoms with van der Waals surface area (Å²) in [6, 6.07) is 14.3. The van der Waals surface area contributed by atoms with Crippen molar-refractivity contribution in [2.75, 3.05) is 0 Å². The van der Waals surface area contributed by atoms with Gasteiger partial charge < -0.3 is 10.1 Å². The minimum Gasteiger partial charge on any atom is -0.481 e. The zero-order valence-electron chi connectivity index (χ0n) is 15.2. The number of hydrogen-bond donors (Lipinski definition) is 1. The number of aryl methyl sites for hydroxylation is 3. The number of carbonyl (C=O) groups excluding carboxylic acids is 1. The van der Waals surface area contributed by atoms with Gasteiger partial charge in [-0.15, -0.1) is 0 Å². The third kappa shape index (κ3) is 4.85. The third-order valence-electron chi connectivity index (χ3n) is 4.08. The van der Waals surface area contributed by atoms with Gasteiger partial charge in [-0.25, -0.2) is 0 Å². The van der Waals surface area contributed by atoms with Gasteiger partial charge in [0.1, 0.15) is 5.75 Å². The molecule has 0 spiro atoms. The normalized spacial score (nSPS) is 13.2. The Morgan fingerprint density at radius 3 is 2.12 bits per heavy atom. The molecule has 0 bridgehead atoms. The molecule has 2 aromatic carbocycles. The van der Waals surface area contributed by atoms with Crippen molar-refractivity contribution in [3.8, 4) is 5.75 Å². The van der Waals surface area contributed by atoms with Gasteiger partial charge in [-0.3, -0.25) is 4.79 Å². The molecule has 0 fully saturated rings. The molecule has 3 heteroatoms. The fraction of sp³-hybridized carbons (Fsp3) is 0.381. The molecule has 2 aromatic rings. The van der Waals surface area contributed by atoms with Crippen LogP contribution in [0.2, 0.25) is 0 Å². The number of carbonyl (C=O) groups is 1. The Bertz CT molecular complexity index is 671. The van der Waals surface area contributed by atoms with E-state index in [-0.39, 0.29) is 11.9 Å². The van der Waals surface area contributed by atoms with Crippen LogP contribution in [0, 0.1) is 20.8 Å². The maximum Gasteiger partial charge on any atom is 0.261 e. The Hall–Kier alpha value is -2.29. The SMILES string of the molecule is CC[C@H](NC(=O)[C@@H](C)Oc1cc(C)cc(C)c1)c1ccc(C)cc1. The first-order chi connectivity index (χ1) is 11.4. The summed E-state index contributed by atoms with van der Waals surface area (Å²) in [6.45, 7) is 9.96. The van der Waals surface area contributed by atoms with Crippen molar-refractivity contribution in [1.82, 2.24) is 5.32 Å². The summed E-state index contributed by atoms with van der Waals surface area (Å²) < 4.78 is 5.83. The van der Waals surface area contributed by atoms with E-state index in [2.05, 4.69) is 49.5 Å². The first-order valence-electron chi connectivity index (χ1n) is 8.51. The molecule has 3 nitrogen and oxygen atoms in total. The summed E-state index contributed by atoms with van der Waals surface area (Å²) in [5.41, 5.74) is 4.59. The summed E-state index contributed by atoms with van der Waals surface area (Å²) in [7, 11) is 0. The molecule has 24 heavy (non-hydrogen) atoms. The van der Waals surface area contributed by atoms with E-state index in [0.717, 1.165) is 28.9 Å². The quantitative estimate of drug-likeness (QED) is 0.840. The van der Waals surface area contributed by atoms with Gasteiger partial charge in [0.25, 0.3) is 5.91 Å². The van der Waals surface area contributed by atoms with Crippen molar-refractivity contribution in [2.24, 2.45) is 0 Å². The maximum atomic E-state index is 12.5. The van der Waals surface area contributed by atoms with Crippen LogP contribution in [0.15, 0.2) is 42.5 Å². The van der Waals surface area contributed by atoms with Crippen LogP contribution in [0.25, 0.3) is 0 Å². The lowest BCUT2D eigenvalue weighted by Gasteiger charge is -2.21. The average Bonchev–Trinajstić information content (AvgIpc) is 2.52. The Balaban J connectivity index is 2.02. The Morgan fingerprint density at radius 2 is 1.58 bits per heavy atom. The van der Waals surface area contributed by atoms with Crippen LogP contribution in [0.5, 0.6) is 5.75 Å². The van der Waals surface area contributed by atoms with Crippen LogP contribution >= 0.6 is 0 Å². The predicted octanol–water partition coefficient (Wildman–Crippen LogP) is 4.65. The average molecular weight is 325 g/mol. The molecular formula is C21H27NO2. The van der Waals surface area contributed by atoms with Gasteiger partial charge in [-0.1, -0.05) is 42.8 Å². The molecule has 128 valence electrons. The number of amides is 1. The van der Waals surface area contributed by atoms with Crippen LogP contribution in [0.1, 0.15) is 48.6 Å². The minimum absolute atomic E-state index is 0.00314. The van der Waals surface area contributed by atoms with Crippen LogP contribution in [0.4, 0.5) is 0 Å². The highest BCUT2D eigenvalue weighted by molar-refractivity contribution is 5.81. The van der Waals surface area contributed by atoms with E-state index in [9.17, 15) is 4.79 Å². The molecule has 0 aliphatic heterocycles. The van der Waals surface area contributed by atoms with Gasteiger partial charge in [-0.05, 0) is 62.9 Å². The summed E-state index contributed by atoms with van der Waals surface area (Å²) in [6.07, 6.45) is 0.302. The number of ether oxygens (including phenoxy) is 1. The standard InChI is InChI=1S/C21H27NO2/c1-6-20(18-9-7-14(2)8-10-18)22-21(23)17(5)24-19-12-15(3)11-16(4)13-19/h7-13,17,20H,6H2,1-5H3,(H,22,23)/t17-,20+/m1/s1. The van der Waals surface area contributed by atoms with E-state index >= 15 is 0 Å². The van der Waals surface area contributed by atoms with E-state index < -0.39 is 6.10 Å². The smallest absolute Gasteiger partial charge is 0.261 e. The first kappa shape index (κ1) is 18.1. The second-order valence-corrected chi connectivity index (χ2v) is 6.46. The zero-order valence-corrected chi connectivity index (χ0v) is 15.2. The molecule has 1 N–H and O–H groups in total. The molecular weight excluding hydrogens is 298 g/mol. The van der Waals surface area contributed by atoms with Crippen molar-refractivity contribution >= 4 is 5.91 Å². The second-order valence-electron chi connectivity index (χ2n) is 6.46. The number of hydrogen-bond acceptors (Lipinski definition) is 2.